The van der Waals surface area contributed by atoms with Crippen molar-refractivity contribution in [2.45, 2.75) is 65.9 Å². The molecular formula is C15H24O2P2. The van der Waals surface area contributed by atoms with Crippen LogP contribution in [0.15, 0.2) is 6.07 Å². The summed E-state index contributed by atoms with van der Waals surface area (Å²) in [4.78, 5) is 11.0. The maximum Gasteiger partial charge on any atom is 0.302 e. The summed E-state index contributed by atoms with van der Waals surface area (Å²) >= 11 is 0. The van der Waals surface area contributed by atoms with E-state index >= 15 is 0 Å². The minimum atomic E-state index is -0.214. The maximum atomic E-state index is 11.0. The summed E-state index contributed by atoms with van der Waals surface area (Å²) in [5.41, 5.74) is 0.324. The first-order valence-corrected chi connectivity index (χ1v) is 8.31. The molecule has 106 valence electrons. The van der Waals surface area contributed by atoms with Crippen molar-refractivity contribution in [2.24, 2.45) is 0 Å². The summed E-state index contributed by atoms with van der Waals surface area (Å²) in [6.45, 7) is 15.3. The number of carbonyl (C=O) groups excluding carboxylic acids is 1. The van der Waals surface area contributed by atoms with Crippen LogP contribution in [0.4, 0.5) is 0 Å². The van der Waals surface area contributed by atoms with E-state index < -0.39 is 0 Å². The Morgan fingerprint density at radius 1 is 1.11 bits per heavy atom. The first-order valence-electron chi connectivity index (χ1n) is 6.52. The quantitative estimate of drug-likeness (QED) is 0.673. The molecule has 4 heteroatoms. The fourth-order valence-electron chi connectivity index (χ4n) is 1.47. The SMILES string of the molecule is CC(=O)OCc1cc(C(C)(C)C)pc(C(C)(C)C)p1. The minimum absolute atomic E-state index is 0.148. The van der Waals surface area contributed by atoms with Gasteiger partial charge in [0, 0.05) is 17.2 Å². The van der Waals surface area contributed by atoms with Crippen LogP contribution < -0.4 is 0 Å². The van der Waals surface area contributed by atoms with Crippen LogP contribution in [-0.2, 0) is 27.0 Å². The van der Waals surface area contributed by atoms with Crippen LogP contribution in [0.5, 0.6) is 0 Å². The number of hydrogen-bond acceptors (Lipinski definition) is 2. The second-order valence-corrected chi connectivity index (χ2v) is 9.60. The van der Waals surface area contributed by atoms with E-state index in [1.165, 1.54) is 38.9 Å². The summed E-state index contributed by atoms with van der Waals surface area (Å²) < 4.78 is 5.16. The molecule has 0 bridgehead atoms. The van der Waals surface area contributed by atoms with Crippen molar-refractivity contribution in [3.8, 4) is 0 Å². The molecule has 1 aromatic heterocycles. The van der Waals surface area contributed by atoms with Gasteiger partial charge in [-0.3, -0.25) is 4.79 Å². The van der Waals surface area contributed by atoms with Gasteiger partial charge in [0.05, 0.1) is 0 Å². The zero-order valence-corrected chi connectivity index (χ0v) is 14.8. The molecule has 0 aromatic carbocycles. The molecule has 1 aromatic rings. The van der Waals surface area contributed by atoms with Gasteiger partial charge in [0.2, 0.25) is 0 Å². The van der Waals surface area contributed by atoms with Gasteiger partial charge >= 0.3 is 5.97 Å². The number of rotatable bonds is 2. The normalized spacial score (nSPS) is 13.2. The lowest BCUT2D eigenvalue weighted by molar-refractivity contribution is -0.142. The second-order valence-electron chi connectivity index (χ2n) is 6.85. The highest BCUT2D eigenvalue weighted by Crippen LogP contribution is 2.44. The van der Waals surface area contributed by atoms with Crippen LogP contribution in [0.2, 0.25) is 0 Å². The Balaban J connectivity index is 3.21. The average molecular weight is 298 g/mol. The molecule has 0 amide bonds. The molecule has 0 atom stereocenters. The van der Waals surface area contributed by atoms with Gasteiger partial charge in [-0.15, -0.1) is 0 Å². The van der Waals surface area contributed by atoms with Crippen molar-refractivity contribution in [3.05, 3.63) is 21.7 Å². The molecule has 1 heterocycles. The molecule has 0 fully saturated rings. The van der Waals surface area contributed by atoms with Crippen molar-refractivity contribution < 1.29 is 9.53 Å². The maximum absolute atomic E-state index is 11.0. The highest BCUT2D eigenvalue weighted by molar-refractivity contribution is 7.47. The van der Waals surface area contributed by atoms with Crippen LogP contribution in [0.3, 0.4) is 0 Å². The Bertz CT molecular complexity index is 436. The van der Waals surface area contributed by atoms with Gasteiger partial charge in [-0.2, -0.15) is 0 Å². The average Bonchev–Trinajstić information content (AvgIpc) is 2.23. The number of esters is 1. The fraction of sp³-hybridized carbons (Fsp3) is 0.667. The summed E-state index contributed by atoms with van der Waals surface area (Å²) in [6.07, 6.45) is 0. The Hall–Kier alpha value is -0.450. The molecule has 2 nitrogen and oxygen atoms in total. The highest BCUT2D eigenvalue weighted by Gasteiger charge is 2.21. The van der Waals surface area contributed by atoms with E-state index in [1.54, 1.807) is 0 Å². The summed E-state index contributed by atoms with van der Waals surface area (Å²) in [6, 6.07) is 2.22. The van der Waals surface area contributed by atoms with Crippen LogP contribution in [-0.4, -0.2) is 5.97 Å². The highest BCUT2D eigenvalue weighted by atomic mass is 31.1. The lowest BCUT2D eigenvalue weighted by Crippen LogP contribution is -2.12. The summed E-state index contributed by atoms with van der Waals surface area (Å²) in [5.74, 6) is -0.214. The molecule has 19 heavy (non-hydrogen) atoms. The molecule has 1 rings (SSSR count). The lowest BCUT2D eigenvalue weighted by atomic mass is 9.94. The van der Waals surface area contributed by atoms with Gasteiger partial charge in [0.15, 0.2) is 0 Å². The Labute approximate surface area is 120 Å². The van der Waals surface area contributed by atoms with Gasteiger partial charge < -0.3 is 4.74 Å². The number of hydrogen-bond donors (Lipinski definition) is 0. The van der Waals surface area contributed by atoms with E-state index in [2.05, 4.69) is 47.6 Å². The molecule has 0 aliphatic heterocycles. The molecule has 0 saturated heterocycles. The van der Waals surface area contributed by atoms with Crippen molar-refractivity contribution in [2.75, 3.05) is 0 Å². The Morgan fingerprint density at radius 3 is 2.11 bits per heavy atom. The van der Waals surface area contributed by atoms with E-state index in [0.29, 0.717) is 6.61 Å². The lowest BCUT2D eigenvalue weighted by Gasteiger charge is -2.24. The minimum Gasteiger partial charge on any atom is -0.461 e. The van der Waals surface area contributed by atoms with Crippen molar-refractivity contribution in [1.82, 2.24) is 0 Å². The zero-order chi connectivity index (χ0) is 14.8. The first-order chi connectivity index (χ1) is 8.50. The largest absolute Gasteiger partial charge is 0.461 e. The second kappa shape index (κ2) is 5.90. The third-order valence-electron chi connectivity index (χ3n) is 2.64. The van der Waals surface area contributed by atoms with E-state index in [9.17, 15) is 4.79 Å². The summed E-state index contributed by atoms with van der Waals surface area (Å²) in [7, 11) is 2.55. The van der Waals surface area contributed by atoms with Gasteiger partial charge in [0.25, 0.3) is 0 Å². The van der Waals surface area contributed by atoms with Crippen LogP contribution in [0.1, 0.15) is 64.1 Å². The predicted molar refractivity (Wildman–Crippen MR) is 84.3 cm³/mol. The third-order valence-corrected chi connectivity index (χ3v) is 6.59. The van der Waals surface area contributed by atoms with Crippen molar-refractivity contribution in [3.63, 3.8) is 0 Å². The van der Waals surface area contributed by atoms with E-state index in [4.69, 9.17) is 4.74 Å². The van der Waals surface area contributed by atoms with Crippen molar-refractivity contribution >= 4 is 22.4 Å². The monoisotopic (exact) mass is 298 g/mol. The molecule has 0 aliphatic carbocycles. The Kier molecular flexibility index (Phi) is 5.15. The Morgan fingerprint density at radius 2 is 1.68 bits per heavy atom. The van der Waals surface area contributed by atoms with Gasteiger partial charge in [-0.05, 0) is 22.2 Å². The van der Waals surface area contributed by atoms with Gasteiger partial charge in [-0.25, -0.2) is 0 Å². The van der Waals surface area contributed by atoms with Crippen LogP contribution in [0.25, 0.3) is 0 Å². The van der Waals surface area contributed by atoms with E-state index in [1.807, 2.05) is 0 Å². The molecule has 0 saturated carbocycles. The number of carbonyl (C=O) groups is 1. The third kappa shape index (κ3) is 5.21. The molecule has 0 radical (unpaired) electrons. The molecule has 0 spiro atoms. The fourth-order valence-corrected chi connectivity index (χ4v) is 4.53. The van der Waals surface area contributed by atoms with E-state index in [-0.39, 0.29) is 16.8 Å². The van der Waals surface area contributed by atoms with Crippen molar-refractivity contribution in [1.29, 1.82) is 0 Å². The molecule has 0 N–H and O–H groups in total. The van der Waals surface area contributed by atoms with Crippen LogP contribution >= 0.6 is 16.4 Å². The standard InChI is InChI=1S/C15H24O2P2/c1-10(16)17-9-11-8-12(14(2,3)4)19-13(18-11)15(5,6)7/h8H,9H2,1-7H3. The smallest absolute Gasteiger partial charge is 0.302 e. The van der Waals surface area contributed by atoms with Gasteiger partial charge in [0.1, 0.15) is 6.61 Å². The predicted octanol–water partition coefficient (Wildman–Crippen LogP) is 5.50. The zero-order valence-electron chi connectivity index (χ0n) is 13.0. The van der Waals surface area contributed by atoms with Crippen LogP contribution in [0, 0.1) is 0 Å². The number of ether oxygens (including phenoxy) is 1. The summed E-state index contributed by atoms with van der Waals surface area (Å²) in [5, 5.41) is 4.06. The first kappa shape index (κ1) is 16.6. The molecular weight excluding hydrogens is 274 g/mol. The molecule has 0 unspecified atom stereocenters. The molecule has 0 aliphatic rings. The van der Waals surface area contributed by atoms with E-state index in [0.717, 1.165) is 0 Å². The van der Waals surface area contributed by atoms with Gasteiger partial charge in [-0.1, -0.05) is 57.9 Å². The topological polar surface area (TPSA) is 26.3 Å².